The molecule has 11 heteroatoms. The third-order valence-electron chi connectivity index (χ3n) is 10.8. The van der Waals surface area contributed by atoms with Crippen molar-refractivity contribution < 1.29 is 28.7 Å². The van der Waals surface area contributed by atoms with Crippen LogP contribution >= 0.6 is 0 Å². The number of imide groups is 2. The summed E-state index contributed by atoms with van der Waals surface area (Å²) in [6.07, 6.45) is 1.14. The fraction of sp³-hybridized carbons (Fsp3) is 0.300. The highest BCUT2D eigenvalue weighted by molar-refractivity contribution is 6.27. The van der Waals surface area contributed by atoms with Crippen LogP contribution in [0.25, 0.3) is 43.6 Å². The number of hydrogen-bond donors (Lipinski definition) is 1. The third-order valence-corrected chi connectivity index (χ3v) is 10.8. The third kappa shape index (κ3) is 4.67. The van der Waals surface area contributed by atoms with Crippen molar-refractivity contribution in [2.75, 3.05) is 40.4 Å². The van der Waals surface area contributed by atoms with Crippen LogP contribution in [0.4, 0.5) is 0 Å². The van der Waals surface area contributed by atoms with E-state index >= 15 is 0 Å². The fourth-order valence-corrected chi connectivity index (χ4v) is 8.32. The summed E-state index contributed by atoms with van der Waals surface area (Å²) in [7, 11) is 7.19. The Kier molecular flexibility index (Phi) is 7.64. The molecule has 0 saturated heterocycles. The van der Waals surface area contributed by atoms with E-state index in [9.17, 15) is 19.2 Å². The summed E-state index contributed by atoms with van der Waals surface area (Å²) in [4.78, 5) is 56.8. The summed E-state index contributed by atoms with van der Waals surface area (Å²) < 4.78 is 15.0. The van der Waals surface area contributed by atoms with Crippen molar-refractivity contribution in [1.29, 1.82) is 0 Å². The van der Waals surface area contributed by atoms with Gasteiger partial charge in [0, 0.05) is 59.8 Å². The molecule has 0 unspecified atom stereocenters. The number of nitrogens with zero attached hydrogens (tertiary/aromatic N) is 4. The number of carbonyl (C=O) groups excluding carboxylic acids is 4. The van der Waals surface area contributed by atoms with Crippen LogP contribution in [0.15, 0.2) is 48.5 Å². The molecule has 11 nitrogen and oxygen atoms in total. The zero-order valence-electron chi connectivity index (χ0n) is 29.6. The summed E-state index contributed by atoms with van der Waals surface area (Å²) >= 11 is 0. The van der Waals surface area contributed by atoms with Gasteiger partial charge in [-0.2, -0.15) is 0 Å². The van der Waals surface area contributed by atoms with Gasteiger partial charge >= 0.3 is 0 Å². The van der Waals surface area contributed by atoms with Gasteiger partial charge in [0.25, 0.3) is 23.6 Å². The molecule has 0 fully saturated rings. The lowest BCUT2D eigenvalue weighted by molar-refractivity contribution is 0.0639. The molecule has 4 amide bonds. The van der Waals surface area contributed by atoms with E-state index in [-0.39, 0.29) is 36.7 Å². The molecule has 1 N–H and O–H groups in total. The SMILES string of the molecule is COc1ccc2c(c1)c1cc3c(c(C)c1n2C)C(=O)N(CCCNCCCN1C(=O)c2cc4c5cc(OC)ccc5n(C)c4c(C)c2C1=O)C3=O. The maximum absolute atomic E-state index is 13.5. The second kappa shape index (κ2) is 12.0. The molecule has 51 heavy (non-hydrogen) atoms. The smallest absolute Gasteiger partial charge is 0.261 e. The molecule has 260 valence electrons. The van der Waals surface area contributed by atoms with Crippen molar-refractivity contribution in [2.24, 2.45) is 14.1 Å². The number of nitrogens with one attached hydrogen (secondary N) is 1. The number of ether oxygens (including phenoxy) is 2. The molecule has 0 radical (unpaired) electrons. The Balaban J connectivity index is 0.895. The van der Waals surface area contributed by atoms with Gasteiger partial charge in [0.1, 0.15) is 11.5 Å². The van der Waals surface area contributed by atoms with E-state index in [4.69, 9.17) is 9.47 Å². The van der Waals surface area contributed by atoms with Crippen LogP contribution in [0.5, 0.6) is 11.5 Å². The Bertz CT molecular complexity index is 2350. The summed E-state index contributed by atoms with van der Waals surface area (Å²) in [5.74, 6) is 0.373. The molecule has 6 aromatic rings. The first-order valence-corrected chi connectivity index (χ1v) is 17.2. The van der Waals surface area contributed by atoms with Crippen molar-refractivity contribution in [3.63, 3.8) is 0 Å². The standard InChI is InChI=1S/C40H39N5O6/c1-21-33-29(19-27-25-17-23(50-5)9-11-31(25)42(3)35(21)27)37(46)44(39(33)48)15-7-13-41-14-8-16-45-38(47)30-20-28-26-18-24(51-6)10-12-32(26)43(4)36(28)22(2)34(30)40(45)49/h9-12,17-20,41H,7-8,13-16H2,1-6H3. The van der Waals surface area contributed by atoms with Crippen LogP contribution < -0.4 is 14.8 Å². The fourth-order valence-electron chi connectivity index (χ4n) is 8.32. The molecule has 0 saturated carbocycles. The molecule has 0 atom stereocenters. The lowest BCUT2D eigenvalue weighted by atomic mass is 9.99. The van der Waals surface area contributed by atoms with E-state index in [0.717, 1.165) is 66.2 Å². The van der Waals surface area contributed by atoms with Gasteiger partial charge in [0.15, 0.2) is 0 Å². The van der Waals surface area contributed by atoms with E-state index in [2.05, 4.69) is 14.5 Å². The van der Waals surface area contributed by atoms with Gasteiger partial charge in [0.2, 0.25) is 0 Å². The number of rotatable bonds is 10. The summed E-state index contributed by atoms with van der Waals surface area (Å²) in [6.45, 7) is 5.53. The van der Waals surface area contributed by atoms with E-state index in [1.807, 2.05) is 76.5 Å². The normalized spacial score (nSPS) is 14.3. The minimum absolute atomic E-state index is 0.266. The Morgan fingerprint density at radius 3 is 1.37 bits per heavy atom. The average molecular weight is 686 g/mol. The molecular formula is C40H39N5O6. The van der Waals surface area contributed by atoms with E-state index in [1.165, 1.54) is 9.80 Å². The molecule has 2 aromatic heterocycles. The number of hydrogen-bond acceptors (Lipinski definition) is 7. The molecule has 4 heterocycles. The first kappa shape index (κ1) is 32.5. The van der Waals surface area contributed by atoms with Crippen LogP contribution in [0.2, 0.25) is 0 Å². The van der Waals surface area contributed by atoms with Gasteiger partial charge in [-0.05, 0) is 99.4 Å². The highest BCUT2D eigenvalue weighted by Crippen LogP contribution is 2.40. The Morgan fingerprint density at radius 2 is 0.980 bits per heavy atom. The lowest BCUT2D eigenvalue weighted by Gasteiger charge is -2.15. The highest BCUT2D eigenvalue weighted by Gasteiger charge is 2.39. The number of aromatic nitrogens is 2. The van der Waals surface area contributed by atoms with Crippen molar-refractivity contribution >= 4 is 67.2 Å². The second-order valence-electron chi connectivity index (χ2n) is 13.5. The average Bonchev–Trinajstić information content (AvgIpc) is 3.75. The minimum atomic E-state index is -0.277. The Labute approximate surface area is 294 Å². The summed E-state index contributed by atoms with van der Waals surface area (Å²) in [6, 6.07) is 15.4. The monoisotopic (exact) mass is 685 g/mol. The minimum Gasteiger partial charge on any atom is -0.497 e. The Morgan fingerprint density at radius 1 is 0.569 bits per heavy atom. The predicted octanol–water partition coefficient (Wildman–Crippen LogP) is 5.87. The van der Waals surface area contributed by atoms with Gasteiger partial charge in [-0.25, -0.2) is 0 Å². The maximum atomic E-state index is 13.5. The van der Waals surface area contributed by atoms with Crippen molar-refractivity contribution in [1.82, 2.24) is 24.3 Å². The number of amides is 4. The number of fused-ring (bicyclic) bond motifs is 8. The largest absolute Gasteiger partial charge is 0.497 e. The zero-order chi connectivity index (χ0) is 35.9. The number of benzene rings is 4. The maximum Gasteiger partial charge on any atom is 0.261 e. The van der Waals surface area contributed by atoms with E-state index in [1.54, 1.807) is 14.2 Å². The van der Waals surface area contributed by atoms with E-state index < -0.39 is 0 Å². The van der Waals surface area contributed by atoms with Gasteiger partial charge < -0.3 is 23.9 Å². The second-order valence-corrected chi connectivity index (χ2v) is 13.5. The van der Waals surface area contributed by atoms with Crippen LogP contribution in [-0.4, -0.2) is 83.0 Å². The molecule has 2 aliphatic heterocycles. The van der Waals surface area contributed by atoms with Gasteiger partial charge in [-0.15, -0.1) is 0 Å². The van der Waals surface area contributed by atoms with Crippen LogP contribution in [0.1, 0.15) is 65.4 Å². The zero-order valence-corrected chi connectivity index (χ0v) is 29.6. The molecule has 8 rings (SSSR count). The molecule has 0 aliphatic carbocycles. The number of methoxy groups -OCH3 is 2. The summed E-state index contributed by atoms with van der Waals surface area (Å²) in [5, 5.41) is 7.13. The molecule has 2 aliphatic rings. The number of aryl methyl sites for hydroxylation is 4. The van der Waals surface area contributed by atoms with Gasteiger partial charge in [-0.3, -0.25) is 29.0 Å². The van der Waals surface area contributed by atoms with Crippen LogP contribution in [0, 0.1) is 13.8 Å². The van der Waals surface area contributed by atoms with Crippen LogP contribution in [0.3, 0.4) is 0 Å². The molecular weight excluding hydrogens is 646 g/mol. The molecule has 0 bridgehead atoms. The van der Waals surface area contributed by atoms with Crippen LogP contribution in [-0.2, 0) is 14.1 Å². The molecule has 0 spiro atoms. The first-order chi connectivity index (χ1) is 24.6. The highest BCUT2D eigenvalue weighted by atomic mass is 16.5. The van der Waals surface area contributed by atoms with Crippen molar-refractivity contribution in [2.45, 2.75) is 26.7 Å². The van der Waals surface area contributed by atoms with Crippen molar-refractivity contribution in [3.8, 4) is 11.5 Å². The topological polar surface area (TPSA) is 115 Å². The Hall–Kier alpha value is -5.68. The van der Waals surface area contributed by atoms with Gasteiger partial charge in [-0.1, -0.05) is 0 Å². The number of carbonyl (C=O) groups is 4. The first-order valence-electron chi connectivity index (χ1n) is 17.2. The summed E-state index contributed by atoms with van der Waals surface area (Å²) in [5.41, 5.74) is 7.26. The van der Waals surface area contributed by atoms with Gasteiger partial charge in [0.05, 0.1) is 47.5 Å². The quantitative estimate of drug-likeness (QED) is 0.142. The lowest BCUT2D eigenvalue weighted by Crippen LogP contribution is -2.34. The van der Waals surface area contributed by atoms with Crippen molar-refractivity contribution in [3.05, 3.63) is 81.9 Å². The molecule has 4 aromatic carbocycles. The predicted molar refractivity (Wildman–Crippen MR) is 196 cm³/mol. The van der Waals surface area contributed by atoms with E-state index in [0.29, 0.717) is 48.2 Å².